The summed E-state index contributed by atoms with van der Waals surface area (Å²) < 4.78 is 5.47. The molecule has 4 heteroatoms. The molecular weight excluding hydrogens is 314 g/mol. The van der Waals surface area contributed by atoms with Crippen LogP contribution in [0.2, 0.25) is 0 Å². The molecule has 2 aromatic rings. The SMILES string of the molecule is CC(=O)c1ccc(C2=CCCCN2C(=O)OCc2ccccc2)cc1. The van der Waals surface area contributed by atoms with Crippen molar-refractivity contribution in [3.8, 4) is 0 Å². The summed E-state index contributed by atoms with van der Waals surface area (Å²) in [7, 11) is 0. The van der Waals surface area contributed by atoms with Gasteiger partial charge in [0, 0.05) is 12.1 Å². The van der Waals surface area contributed by atoms with Crippen LogP contribution in [0.15, 0.2) is 60.7 Å². The van der Waals surface area contributed by atoms with E-state index in [1.54, 1.807) is 24.0 Å². The quantitative estimate of drug-likeness (QED) is 0.763. The molecule has 0 aliphatic carbocycles. The molecule has 1 heterocycles. The minimum atomic E-state index is -0.342. The monoisotopic (exact) mass is 335 g/mol. The average Bonchev–Trinajstić information content (AvgIpc) is 2.67. The molecule has 0 bridgehead atoms. The average molecular weight is 335 g/mol. The van der Waals surface area contributed by atoms with E-state index in [1.165, 1.54) is 0 Å². The molecule has 128 valence electrons. The summed E-state index contributed by atoms with van der Waals surface area (Å²) in [5, 5.41) is 0. The molecule has 0 radical (unpaired) electrons. The molecule has 0 unspecified atom stereocenters. The first-order chi connectivity index (χ1) is 12.1. The number of carbonyl (C=O) groups excluding carboxylic acids is 2. The standard InChI is InChI=1S/C21H21NO3/c1-16(23)18-10-12-19(13-11-18)20-9-5-6-14-22(20)21(24)25-15-17-7-3-2-4-8-17/h2-4,7-13H,5-6,14-15H2,1H3. The van der Waals surface area contributed by atoms with Crippen molar-refractivity contribution in [3.05, 3.63) is 77.4 Å². The Morgan fingerprint density at radius 3 is 2.44 bits per heavy atom. The van der Waals surface area contributed by atoms with Gasteiger partial charge in [-0.15, -0.1) is 0 Å². The van der Waals surface area contributed by atoms with Gasteiger partial charge in [-0.2, -0.15) is 0 Å². The summed E-state index contributed by atoms with van der Waals surface area (Å²) in [6, 6.07) is 17.0. The summed E-state index contributed by atoms with van der Waals surface area (Å²) >= 11 is 0. The summed E-state index contributed by atoms with van der Waals surface area (Å²) in [4.78, 5) is 25.6. The molecule has 0 atom stereocenters. The van der Waals surface area contributed by atoms with Crippen LogP contribution < -0.4 is 0 Å². The van der Waals surface area contributed by atoms with Gasteiger partial charge in [0.1, 0.15) is 6.61 Å². The minimum absolute atomic E-state index is 0.0308. The fraction of sp³-hybridized carbons (Fsp3) is 0.238. The van der Waals surface area contributed by atoms with E-state index < -0.39 is 0 Å². The Bertz CT molecular complexity index is 779. The lowest BCUT2D eigenvalue weighted by molar-refractivity contribution is 0.101. The molecule has 0 spiro atoms. The number of hydrogen-bond donors (Lipinski definition) is 0. The Kier molecular flexibility index (Phi) is 5.29. The second kappa shape index (κ2) is 7.79. The second-order valence-electron chi connectivity index (χ2n) is 6.06. The lowest BCUT2D eigenvalue weighted by atomic mass is 10.0. The molecule has 3 rings (SSSR count). The number of benzene rings is 2. The molecular formula is C21H21NO3. The molecule has 0 saturated heterocycles. The normalized spacial score (nSPS) is 14.0. The van der Waals surface area contributed by atoms with Gasteiger partial charge in [0.2, 0.25) is 0 Å². The van der Waals surface area contributed by atoms with E-state index in [0.717, 1.165) is 29.7 Å². The van der Waals surface area contributed by atoms with Crippen LogP contribution in [0.4, 0.5) is 4.79 Å². The molecule has 0 aromatic heterocycles. The molecule has 0 fully saturated rings. The maximum Gasteiger partial charge on any atom is 0.414 e. The van der Waals surface area contributed by atoms with Gasteiger partial charge in [-0.1, -0.05) is 60.7 Å². The second-order valence-corrected chi connectivity index (χ2v) is 6.06. The Balaban J connectivity index is 1.73. The number of amides is 1. The Morgan fingerprint density at radius 2 is 1.76 bits per heavy atom. The van der Waals surface area contributed by atoms with Crippen LogP contribution in [0.25, 0.3) is 5.70 Å². The lowest BCUT2D eigenvalue weighted by Gasteiger charge is -2.28. The number of allylic oxidation sites excluding steroid dienone is 1. The van der Waals surface area contributed by atoms with Crippen molar-refractivity contribution < 1.29 is 14.3 Å². The van der Waals surface area contributed by atoms with Gasteiger partial charge < -0.3 is 4.74 Å². The van der Waals surface area contributed by atoms with E-state index in [4.69, 9.17) is 4.74 Å². The van der Waals surface area contributed by atoms with Crippen molar-refractivity contribution in [2.24, 2.45) is 0 Å². The summed E-state index contributed by atoms with van der Waals surface area (Å²) in [6.07, 6.45) is 3.54. The molecule has 25 heavy (non-hydrogen) atoms. The zero-order valence-electron chi connectivity index (χ0n) is 14.3. The van der Waals surface area contributed by atoms with Crippen LogP contribution in [0.3, 0.4) is 0 Å². The first kappa shape index (κ1) is 17.0. The van der Waals surface area contributed by atoms with Crippen LogP contribution in [0.1, 0.15) is 41.3 Å². The van der Waals surface area contributed by atoms with Crippen molar-refractivity contribution in [2.45, 2.75) is 26.4 Å². The first-order valence-corrected chi connectivity index (χ1v) is 8.45. The lowest BCUT2D eigenvalue weighted by Crippen LogP contribution is -2.33. The number of Topliss-reactive ketones (excluding diaryl/α,β-unsaturated/α-hetero) is 1. The minimum Gasteiger partial charge on any atom is -0.444 e. The third-order valence-electron chi connectivity index (χ3n) is 4.23. The van der Waals surface area contributed by atoms with Crippen molar-refractivity contribution >= 4 is 17.6 Å². The molecule has 4 nitrogen and oxygen atoms in total. The van der Waals surface area contributed by atoms with Gasteiger partial charge in [0.25, 0.3) is 0 Å². The van der Waals surface area contributed by atoms with Gasteiger partial charge in [-0.3, -0.25) is 9.69 Å². The molecule has 0 saturated carbocycles. The van der Waals surface area contributed by atoms with E-state index in [9.17, 15) is 9.59 Å². The highest BCUT2D eigenvalue weighted by Gasteiger charge is 2.23. The number of hydrogen-bond acceptors (Lipinski definition) is 3. The zero-order chi connectivity index (χ0) is 17.6. The van der Waals surface area contributed by atoms with Crippen molar-refractivity contribution in [1.82, 2.24) is 4.90 Å². The third-order valence-corrected chi connectivity index (χ3v) is 4.23. The number of rotatable bonds is 4. The Morgan fingerprint density at radius 1 is 1.04 bits per heavy atom. The van der Waals surface area contributed by atoms with Gasteiger partial charge in [0.05, 0.1) is 5.70 Å². The maximum absolute atomic E-state index is 12.5. The Hall–Kier alpha value is -2.88. The molecule has 1 amide bonds. The van der Waals surface area contributed by atoms with Crippen LogP contribution in [0, 0.1) is 0 Å². The number of ketones is 1. The molecule has 2 aromatic carbocycles. The van der Waals surface area contributed by atoms with Crippen molar-refractivity contribution in [1.29, 1.82) is 0 Å². The predicted octanol–water partition coefficient (Wildman–Crippen LogP) is 4.66. The molecule has 1 aliphatic heterocycles. The van der Waals surface area contributed by atoms with E-state index in [1.807, 2.05) is 42.5 Å². The van der Waals surface area contributed by atoms with Crippen LogP contribution in [-0.4, -0.2) is 23.3 Å². The van der Waals surface area contributed by atoms with Crippen LogP contribution >= 0.6 is 0 Å². The highest BCUT2D eigenvalue weighted by Crippen LogP contribution is 2.26. The highest BCUT2D eigenvalue weighted by atomic mass is 16.6. The number of carbonyl (C=O) groups is 2. The van der Waals surface area contributed by atoms with Crippen molar-refractivity contribution in [2.75, 3.05) is 6.54 Å². The highest BCUT2D eigenvalue weighted by molar-refractivity contribution is 5.94. The Labute approximate surface area is 147 Å². The first-order valence-electron chi connectivity index (χ1n) is 8.45. The van der Waals surface area contributed by atoms with Crippen molar-refractivity contribution in [3.63, 3.8) is 0 Å². The number of nitrogens with zero attached hydrogens (tertiary/aromatic N) is 1. The fourth-order valence-electron chi connectivity index (χ4n) is 2.86. The third kappa shape index (κ3) is 4.15. The molecule has 1 aliphatic rings. The van der Waals surface area contributed by atoms with Crippen LogP contribution in [-0.2, 0) is 11.3 Å². The number of ether oxygens (including phenoxy) is 1. The van der Waals surface area contributed by atoms with Crippen LogP contribution in [0.5, 0.6) is 0 Å². The molecule has 0 N–H and O–H groups in total. The van der Waals surface area contributed by atoms with E-state index in [-0.39, 0.29) is 18.5 Å². The summed E-state index contributed by atoms with van der Waals surface area (Å²) in [5.74, 6) is 0.0308. The van der Waals surface area contributed by atoms with Gasteiger partial charge in [0.15, 0.2) is 5.78 Å². The topological polar surface area (TPSA) is 46.6 Å². The fourth-order valence-corrected chi connectivity index (χ4v) is 2.86. The van der Waals surface area contributed by atoms with Gasteiger partial charge in [-0.25, -0.2) is 4.79 Å². The van der Waals surface area contributed by atoms with E-state index >= 15 is 0 Å². The summed E-state index contributed by atoms with van der Waals surface area (Å²) in [5.41, 5.74) is 3.39. The van der Waals surface area contributed by atoms with E-state index in [0.29, 0.717) is 12.1 Å². The summed E-state index contributed by atoms with van der Waals surface area (Å²) in [6.45, 7) is 2.43. The smallest absolute Gasteiger partial charge is 0.414 e. The largest absolute Gasteiger partial charge is 0.444 e. The van der Waals surface area contributed by atoms with Gasteiger partial charge in [-0.05, 0) is 30.9 Å². The zero-order valence-corrected chi connectivity index (χ0v) is 14.3. The predicted molar refractivity (Wildman–Crippen MR) is 97.0 cm³/mol. The van der Waals surface area contributed by atoms with E-state index in [2.05, 4.69) is 6.08 Å². The maximum atomic E-state index is 12.5. The van der Waals surface area contributed by atoms with Gasteiger partial charge >= 0.3 is 6.09 Å².